The fraction of sp³-hybridized carbons (Fsp3) is 0.444. The number of alkyl halides is 3. The van der Waals surface area contributed by atoms with Gasteiger partial charge in [-0.2, -0.15) is 13.2 Å². The Bertz CT molecular complexity index is 1250. The summed E-state index contributed by atoms with van der Waals surface area (Å²) in [4.78, 5) is 41.3. The van der Waals surface area contributed by atoms with E-state index in [-0.39, 0.29) is 23.3 Å². The number of nitrogens with zero attached hydrogens (tertiary/aromatic N) is 2. The van der Waals surface area contributed by atoms with Crippen molar-refractivity contribution < 1.29 is 32.3 Å². The lowest BCUT2D eigenvalue weighted by Crippen LogP contribution is -2.43. The van der Waals surface area contributed by atoms with Crippen LogP contribution in [-0.2, 0) is 22.3 Å². The Morgan fingerprint density at radius 2 is 1.82 bits per heavy atom. The molecule has 2 aromatic carbocycles. The maximum Gasteiger partial charge on any atom is 0.416 e. The van der Waals surface area contributed by atoms with E-state index < -0.39 is 30.1 Å². The average molecular weight is 563 g/mol. The third kappa shape index (κ3) is 7.63. The number of benzene rings is 2. The van der Waals surface area contributed by atoms with Crippen LogP contribution in [0.25, 0.3) is 0 Å². The molecule has 0 aromatic heterocycles. The first kappa shape index (κ1) is 29.2. The van der Waals surface area contributed by atoms with Crippen LogP contribution in [0.2, 0.25) is 0 Å². The zero-order valence-electron chi connectivity index (χ0n) is 22.1. The number of carbonyl (C=O) groups excluding carboxylic acids is 3. The minimum atomic E-state index is -4.62. The molecular weight excluding hydrogens is 529 g/mol. The van der Waals surface area contributed by atoms with Gasteiger partial charge in [0, 0.05) is 50.1 Å². The van der Waals surface area contributed by atoms with Crippen molar-refractivity contribution in [2.75, 3.05) is 57.0 Å². The van der Waals surface area contributed by atoms with Crippen LogP contribution in [-0.4, -0.2) is 79.6 Å². The second-order valence-corrected chi connectivity index (χ2v) is 9.95. The summed E-state index contributed by atoms with van der Waals surface area (Å²) in [6.45, 7) is 5.63. The van der Waals surface area contributed by atoms with Gasteiger partial charge in [0.15, 0.2) is 0 Å². The van der Waals surface area contributed by atoms with Gasteiger partial charge >= 0.3 is 12.2 Å². The minimum Gasteiger partial charge on any atom is -0.398 e. The Kier molecular flexibility index (Phi) is 9.15. The van der Waals surface area contributed by atoms with E-state index in [4.69, 9.17) is 10.5 Å². The molecule has 2 fully saturated rings. The molecule has 0 saturated carbocycles. The molecule has 216 valence electrons. The number of hydrogen-bond donors (Lipinski definition) is 4. The predicted molar refractivity (Wildman–Crippen MR) is 143 cm³/mol. The van der Waals surface area contributed by atoms with E-state index in [0.29, 0.717) is 51.9 Å². The first-order valence-electron chi connectivity index (χ1n) is 13.0. The van der Waals surface area contributed by atoms with E-state index in [9.17, 15) is 27.6 Å². The quantitative estimate of drug-likeness (QED) is 0.384. The zero-order chi connectivity index (χ0) is 28.9. The molecule has 2 heterocycles. The fourth-order valence-corrected chi connectivity index (χ4v) is 4.68. The van der Waals surface area contributed by atoms with E-state index in [1.165, 1.54) is 0 Å². The number of nitrogens with two attached hydrogens (primary N) is 1. The summed E-state index contributed by atoms with van der Waals surface area (Å²) in [7, 11) is 0. The van der Waals surface area contributed by atoms with Crippen LogP contribution in [0.4, 0.5) is 29.3 Å². The summed E-state index contributed by atoms with van der Waals surface area (Å²) in [5.74, 6) is -1.31. The van der Waals surface area contributed by atoms with Crippen LogP contribution in [0.1, 0.15) is 33.5 Å². The molecule has 1 atom stereocenters. The summed E-state index contributed by atoms with van der Waals surface area (Å²) in [5.41, 5.74) is 6.92. The molecule has 40 heavy (non-hydrogen) atoms. The maximum atomic E-state index is 13.0. The van der Waals surface area contributed by atoms with Crippen molar-refractivity contribution in [2.45, 2.75) is 32.1 Å². The molecule has 13 heteroatoms. The van der Waals surface area contributed by atoms with Crippen molar-refractivity contribution in [2.24, 2.45) is 0 Å². The maximum absolute atomic E-state index is 13.0. The predicted octanol–water partition coefficient (Wildman–Crippen LogP) is 2.58. The van der Waals surface area contributed by atoms with Crippen LogP contribution in [0, 0.1) is 6.92 Å². The smallest absolute Gasteiger partial charge is 0.398 e. The molecule has 0 spiro atoms. The van der Waals surface area contributed by atoms with Crippen molar-refractivity contribution >= 4 is 29.2 Å². The van der Waals surface area contributed by atoms with Crippen molar-refractivity contribution in [1.82, 2.24) is 20.4 Å². The summed E-state index contributed by atoms with van der Waals surface area (Å²) in [6, 6.07) is 8.09. The number of halogens is 3. The lowest BCUT2D eigenvalue weighted by molar-refractivity contribution is -0.137. The van der Waals surface area contributed by atoms with Crippen molar-refractivity contribution in [1.29, 1.82) is 0 Å². The van der Waals surface area contributed by atoms with Gasteiger partial charge in [-0.3, -0.25) is 14.5 Å². The van der Waals surface area contributed by atoms with Gasteiger partial charge in [0.05, 0.1) is 30.9 Å². The minimum absolute atomic E-state index is 0.114. The van der Waals surface area contributed by atoms with E-state index in [1.54, 1.807) is 4.90 Å². The molecule has 5 N–H and O–H groups in total. The van der Waals surface area contributed by atoms with Gasteiger partial charge in [0.2, 0.25) is 5.91 Å². The number of anilines is 2. The van der Waals surface area contributed by atoms with Gasteiger partial charge in [0.25, 0.3) is 5.91 Å². The zero-order valence-corrected chi connectivity index (χ0v) is 22.1. The monoisotopic (exact) mass is 562 g/mol. The summed E-state index contributed by atoms with van der Waals surface area (Å²) >= 11 is 0. The first-order chi connectivity index (χ1) is 19.0. The van der Waals surface area contributed by atoms with Gasteiger partial charge in [0.1, 0.15) is 0 Å². The van der Waals surface area contributed by atoms with Gasteiger partial charge in [-0.15, -0.1) is 0 Å². The highest BCUT2D eigenvalue weighted by Gasteiger charge is 2.32. The van der Waals surface area contributed by atoms with Crippen LogP contribution in [0.15, 0.2) is 36.4 Å². The van der Waals surface area contributed by atoms with E-state index >= 15 is 0 Å². The van der Waals surface area contributed by atoms with Gasteiger partial charge in [-0.25, -0.2) is 4.79 Å². The molecule has 2 aromatic rings. The molecule has 4 amide bonds. The Labute approximate surface area is 230 Å². The number of nitrogens with one attached hydrogen (secondary N) is 3. The van der Waals surface area contributed by atoms with Crippen molar-refractivity contribution in [3.8, 4) is 0 Å². The average Bonchev–Trinajstić information content (AvgIpc) is 3.35. The molecule has 2 saturated heterocycles. The molecule has 4 rings (SSSR count). The number of carbonyl (C=O) groups is 3. The largest absolute Gasteiger partial charge is 0.416 e. The van der Waals surface area contributed by atoms with Crippen LogP contribution < -0.4 is 21.7 Å². The number of aryl methyl sites for hydroxylation is 1. The number of rotatable bonds is 7. The normalized spacial score (nSPS) is 17.9. The fourth-order valence-electron chi connectivity index (χ4n) is 4.68. The van der Waals surface area contributed by atoms with Crippen LogP contribution >= 0.6 is 0 Å². The number of ether oxygens (including phenoxy) is 1. The lowest BCUT2D eigenvalue weighted by Gasteiger charge is -2.27. The molecular formula is C27H33F3N6O4. The Balaban J connectivity index is 1.25. The highest BCUT2D eigenvalue weighted by molar-refractivity contribution is 6.00. The number of likely N-dealkylation sites (tertiary alicyclic amines) is 1. The topological polar surface area (TPSA) is 129 Å². The second-order valence-electron chi connectivity index (χ2n) is 9.95. The molecule has 0 aliphatic carbocycles. The second kappa shape index (κ2) is 12.6. The highest BCUT2D eigenvalue weighted by Crippen LogP contribution is 2.31. The summed E-state index contributed by atoms with van der Waals surface area (Å²) in [5, 5.41) is 8.18. The lowest BCUT2D eigenvalue weighted by atomic mass is 10.1. The molecule has 0 radical (unpaired) electrons. The van der Waals surface area contributed by atoms with E-state index in [1.807, 2.05) is 25.1 Å². The highest BCUT2D eigenvalue weighted by atomic mass is 19.4. The molecule has 0 bridgehead atoms. The van der Waals surface area contributed by atoms with E-state index in [2.05, 4.69) is 20.9 Å². The van der Waals surface area contributed by atoms with Crippen molar-refractivity contribution in [3.05, 3.63) is 58.7 Å². The Morgan fingerprint density at radius 1 is 1.07 bits per heavy atom. The standard InChI is InChI=1S/C27H33F3N6O4/c1-17-2-3-18(12-23(17)34-26(39)36-8-10-40-11-9-36)15-35-7-6-20(16-35)33-24(37)14-32-25(38)21-13-19(27(28,29)30)4-5-22(21)31/h2-5,12-13,20H,6-11,14-16,31H2,1H3,(H,32,38)(H,33,37)(H,34,39). The van der Waals surface area contributed by atoms with Crippen molar-refractivity contribution in [3.63, 3.8) is 0 Å². The molecule has 1 unspecified atom stereocenters. The number of nitrogen functional groups attached to an aromatic ring is 1. The summed E-state index contributed by atoms with van der Waals surface area (Å²) in [6.07, 6.45) is -3.92. The van der Waals surface area contributed by atoms with Gasteiger partial charge < -0.3 is 31.3 Å². The number of urea groups is 1. The number of hydrogen-bond acceptors (Lipinski definition) is 6. The number of amides is 4. The third-order valence-electron chi connectivity index (χ3n) is 6.92. The van der Waals surface area contributed by atoms with Crippen LogP contribution in [0.5, 0.6) is 0 Å². The van der Waals surface area contributed by atoms with E-state index in [0.717, 1.165) is 35.5 Å². The number of morpholine rings is 1. The summed E-state index contributed by atoms with van der Waals surface area (Å²) < 4.78 is 44.2. The Morgan fingerprint density at radius 3 is 2.55 bits per heavy atom. The Hall–Kier alpha value is -3.84. The molecule has 2 aliphatic rings. The van der Waals surface area contributed by atoms with Gasteiger partial charge in [-0.05, 0) is 48.7 Å². The first-order valence-corrected chi connectivity index (χ1v) is 13.0. The van der Waals surface area contributed by atoms with Gasteiger partial charge in [-0.1, -0.05) is 12.1 Å². The SMILES string of the molecule is Cc1ccc(CN2CCC(NC(=O)CNC(=O)c3cc(C(F)(F)F)ccc3N)C2)cc1NC(=O)N1CCOCC1. The molecule has 10 nitrogen and oxygen atoms in total. The van der Waals surface area contributed by atoms with Crippen LogP contribution in [0.3, 0.4) is 0 Å². The molecule has 2 aliphatic heterocycles. The third-order valence-corrected chi connectivity index (χ3v) is 6.92.